The van der Waals surface area contributed by atoms with E-state index in [-0.39, 0.29) is 16.5 Å². The lowest BCUT2D eigenvalue weighted by molar-refractivity contribution is -0.137. The number of halogens is 4. The molecule has 0 amide bonds. The third-order valence-corrected chi connectivity index (χ3v) is 2.53. The van der Waals surface area contributed by atoms with E-state index >= 15 is 0 Å². The van der Waals surface area contributed by atoms with Crippen molar-refractivity contribution in [3.05, 3.63) is 34.3 Å². The van der Waals surface area contributed by atoms with Crippen LogP contribution in [0.3, 0.4) is 0 Å². The minimum absolute atomic E-state index is 0.177. The summed E-state index contributed by atoms with van der Waals surface area (Å²) < 4.78 is 42.7. The van der Waals surface area contributed by atoms with Crippen molar-refractivity contribution in [2.75, 3.05) is 13.2 Å². The Hall–Kier alpha value is -1.23. The van der Waals surface area contributed by atoms with E-state index in [1.807, 2.05) is 0 Å². The zero-order valence-corrected chi connectivity index (χ0v) is 8.77. The Morgan fingerprint density at radius 3 is 2.62 bits per heavy atom. The van der Waals surface area contributed by atoms with E-state index in [0.29, 0.717) is 13.2 Å². The summed E-state index contributed by atoms with van der Waals surface area (Å²) in [5, 5.41) is -0.365. The zero-order chi connectivity index (χ0) is 11.8. The predicted molar refractivity (Wildman–Crippen MR) is 53.8 cm³/mol. The van der Waals surface area contributed by atoms with E-state index < -0.39 is 11.7 Å². The average Bonchev–Trinajstić information content (AvgIpc) is 2.69. The van der Waals surface area contributed by atoms with Crippen LogP contribution < -0.4 is 0 Å². The van der Waals surface area contributed by atoms with Gasteiger partial charge in [-0.05, 0) is 12.1 Å². The number of benzene rings is 1. The molecule has 2 nitrogen and oxygen atoms in total. The summed E-state index contributed by atoms with van der Waals surface area (Å²) >= 11 is 5.69. The Kier molecular flexibility index (Phi) is 2.80. The smallest absolute Gasteiger partial charge is 0.417 e. The fourth-order valence-electron chi connectivity index (χ4n) is 1.41. The van der Waals surface area contributed by atoms with Gasteiger partial charge in [-0.15, -0.1) is 0 Å². The van der Waals surface area contributed by atoms with Crippen molar-refractivity contribution in [1.29, 1.82) is 0 Å². The average molecular weight is 250 g/mol. The molecule has 0 fully saturated rings. The molecule has 86 valence electrons. The molecule has 0 aliphatic carbocycles. The van der Waals surface area contributed by atoms with Crippen molar-refractivity contribution in [1.82, 2.24) is 0 Å². The Morgan fingerprint density at radius 1 is 1.31 bits per heavy atom. The molecule has 1 aliphatic rings. The first-order valence-electron chi connectivity index (χ1n) is 4.53. The highest BCUT2D eigenvalue weighted by Crippen LogP contribution is 2.36. The van der Waals surface area contributed by atoms with Crippen molar-refractivity contribution in [3.8, 4) is 0 Å². The second-order valence-electron chi connectivity index (χ2n) is 3.20. The maximum absolute atomic E-state index is 12.6. The molecule has 0 saturated heterocycles. The normalized spacial score (nSPS) is 15.9. The minimum atomic E-state index is -4.47. The molecule has 0 aromatic heterocycles. The van der Waals surface area contributed by atoms with Crippen LogP contribution in [0.5, 0.6) is 0 Å². The number of hydrogen-bond acceptors (Lipinski definition) is 2. The minimum Gasteiger partial charge on any atom is -0.475 e. The van der Waals surface area contributed by atoms with Gasteiger partial charge >= 0.3 is 6.18 Å². The van der Waals surface area contributed by atoms with Crippen molar-refractivity contribution >= 4 is 17.5 Å². The van der Waals surface area contributed by atoms with Gasteiger partial charge in [0.25, 0.3) is 0 Å². The van der Waals surface area contributed by atoms with Crippen LogP contribution in [0.2, 0.25) is 5.02 Å². The van der Waals surface area contributed by atoms with Gasteiger partial charge in [-0.1, -0.05) is 17.7 Å². The number of ether oxygens (including phenoxy) is 1. The summed E-state index contributed by atoms with van der Waals surface area (Å²) in [6, 6.07) is 3.68. The summed E-state index contributed by atoms with van der Waals surface area (Å²) in [4.78, 5) is 3.93. The van der Waals surface area contributed by atoms with Crippen LogP contribution in [0.4, 0.5) is 13.2 Å². The van der Waals surface area contributed by atoms with E-state index in [1.165, 1.54) is 12.1 Å². The van der Waals surface area contributed by atoms with E-state index in [1.54, 1.807) is 0 Å². The van der Waals surface area contributed by atoms with Crippen LogP contribution in [0.25, 0.3) is 0 Å². The molecule has 0 unspecified atom stereocenters. The van der Waals surface area contributed by atoms with Crippen LogP contribution in [-0.2, 0) is 10.9 Å². The van der Waals surface area contributed by atoms with Crippen molar-refractivity contribution in [2.45, 2.75) is 6.18 Å². The van der Waals surface area contributed by atoms with E-state index in [9.17, 15) is 13.2 Å². The van der Waals surface area contributed by atoms with Crippen LogP contribution in [0, 0.1) is 0 Å². The highest BCUT2D eigenvalue weighted by Gasteiger charge is 2.34. The zero-order valence-electron chi connectivity index (χ0n) is 8.01. The molecular weight excluding hydrogens is 243 g/mol. The Balaban J connectivity index is 2.48. The summed E-state index contributed by atoms with van der Waals surface area (Å²) in [5.41, 5.74) is -0.682. The molecule has 2 rings (SSSR count). The van der Waals surface area contributed by atoms with Crippen LogP contribution in [0.15, 0.2) is 23.2 Å². The monoisotopic (exact) mass is 249 g/mol. The van der Waals surface area contributed by atoms with Crippen LogP contribution >= 0.6 is 11.6 Å². The molecule has 0 spiro atoms. The van der Waals surface area contributed by atoms with Crippen molar-refractivity contribution in [2.24, 2.45) is 4.99 Å². The summed E-state index contributed by atoms with van der Waals surface area (Å²) in [7, 11) is 0. The van der Waals surface area contributed by atoms with Gasteiger partial charge in [-0.2, -0.15) is 13.2 Å². The second kappa shape index (κ2) is 3.97. The molecule has 0 saturated carbocycles. The molecule has 0 atom stereocenters. The summed E-state index contributed by atoms with van der Waals surface area (Å²) in [5.74, 6) is 0.177. The predicted octanol–water partition coefficient (Wildman–Crippen LogP) is 3.14. The number of nitrogens with zero attached hydrogens (tertiary/aromatic N) is 1. The molecule has 0 bridgehead atoms. The van der Waals surface area contributed by atoms with Gasteiger partial charge in [0.15, 0.2) is 0 Å². The molecule has 6 heteroatoms. The van der Waals surface area contributed by atoms with Gasteiger partial charge in [-0.25, -0.2) is 4.99 Å². The quantitative estimate of drug-likeness (QED) is 0.749. The van der Waals surface area contributed by atoms with Gasteiger partial charge < -0.3 is 4.74 Å². The lowest BCUT2D eigenvalue weighted by atomic mass is 10.1. The molecule has 1 aromatic carbocycles. The molecule has 1 aromatic rings. The first kappa shape index (κ1) is 11.3. The number of alkyl halides is 3. The van der Waals surface area contributed by atoms with Gasteiger partial charge in [-0.3, -0.25) is 0 Å². The second-order valence-corrected chi connectivity index (χ2v) is 3.58. The molecular formula is C10H7ClF3NO. The summed E-state index contributed by atoms with van der Waals surface area (Å²) in [6.07, 6.45) is -4.47. The first-order valence-corrected chi connectivity index (χ1v) is 4.91. The van der Waals surface area contributed by atoms with Crippen molar-refractivity contribution in [3.63, 3.8) is 0 Å². The van der Waals surface area contributed by atoms with Crippen molar-refractivity contribution < 1.29 is 17.9 Å². The van der Waals surface area contributed by atoms with E-state index in [0.717, 1.165) is 6.07 Å². The highest BCUT2D eigenvalue weighted by atomic mass is 35.5. The van der Waals surface area contributed by atoms with Gasteiger partial charge in [0.05, 0.1) is 22.7 Å². The van der Waals surface area contributed by atoms with E-state index in [2.05, 4.69) is 4.99 Å². The third-order valence-electron chi connectivity index (χ3n) is 2.12. The maximum atomic E-state index is 12.6. The largest absolute Gasteiger partial charge is 0.475 e. The first-order chi connectivity index (χ1) is 7.50. The van der Waals surface area contributed by atoms with Gasteiger partial charge in [0.2, 0.25) is 5.90 Å². The highest BCUT2D eigenvalue weighted by molar-refractivity contribution is 6.34. The molecule has 16 heavy (non-hydrogen) atoms. The standard InChI is InChI=1S/C10H7ClF3NO/c11-8-6(9-15-4-5-16-9)2-1-3-7(8)10(12,13)14/h1-3H,4-5H2. The number of rotatable bonds is 1. The topological polar surface area (TPSA) is 21.6 Å². The summed E-state index contributed by atoms with van der Waals surface area (Å²) in [6.45, 7) is 0.823. The SMILES string of the molecule is FC(F)(F)c1cccc(C2=NCCO2)c1Cl. The Labute approximate surface area is 94.7 Å². The fraction of sp³-hybridized carbons (Fsp3) is 0.300. The van der Waals surface area contributed by atoms with Crippen LogP contribution in [0.1, 0.15) is 11.1 Å². The molecule has 1 heterocycles. The van der Waals surface area contributed by atoms with E-state index in [4.69, 9.17) is 16.3 Å². The number of hydrogen-bond donors (Lipinski definition) is 0. The van der Waals surface area contributed by atoms with Gasteiger partial charge in [0, 0.05) is 0 Å². The molecule has 0 N–H and O–H groups in total. The number of aliphatic imine (C=N–C) groups is 1. The molecule has 0 radical (unpaired) electrons. The van der Waals surface area contributed by atoms with Gasteiger partial charge in [0.1, 0.15) is 6.61 Å². The molecule has 1 aliphatic heterocycles. The fourth-order valence-corrected chi connectivity index (χ4v) is 1.73. The Bertz CT molecular complexity index is 442. The Morgan fingerprint density at radius 2 is 2.06 bits per heavy atom. The lowest BCUT2D eigenvalue weighted by Crippen LogP contribution is -2.10. The maximum Gasteiger partial charge on any atom is 0.417 e. The van der Waals surface area contributed by atoms with Crippen LogP contribution in [-0.4, -0.2) is 19.0 Å². The third kappa shape index (κ3) is 2.00. The lowest BCUT2D eigenvalue weighted by Gasteiger charge is -2.11.